The molecule has 3 aromatic rings. The van der Waals surface area contributed by atoms with Crippen LogP contribution in [-0.2, 0) is 12.2 Å². The Kier molecular flexibility index (Phi) is 7.97. The SMILES string of the molecule is COc1cc(Br)c(CCNC(=O)c2ccccc2SCc2cscn2)cc1OC. The Balaban J connectivity index is 1.61. The van der Waals surface area contributed by atoms with E-state index in [-0.39, 0.29) is 5.91 Å². The molecule has 3 rings (SSSR count). The van der Waals surface area contributed by atoms with Gasteiger partial charge in [0.25, 0.3) is 5.91 Å². The van der Waals surface area contributed by atoms with Crippen molar-refractivity contribution >= 4 is 44.9 Å². The number of amides is 1. The first-order valence-electron chi connectivity index (χ1n) is 8.90. The number of aromatic nitrogens is 1. The summed E-state index contributed by atoms with van der Waals surface area (Å²) in [6.45, 7) is 0.512. The molecule has 2 aromatic carbocycles. The maximum absolute atomic E-state index is 12.7. The molecular weight excluding hydrogens is 472 g/mol. The molecule has 5 nitrogen and oxygen atoms in total. The Hall–Kier alpha value is -2.03. The quantitative estimate of drug-likeness (QED) is 0.416. The van der Waals surface area contributed by atoms with Crippen molar-refractivity contribution < 1.29 is 14.3 Å². The number of carbonyl (C=O) groups excluding carboxylic acids is 1. The fraction of sp³-hybridized carbons (Fsp3) is 0.238. The molecule has 0 aliphatic heterocycles. The van der Waals surface area contributed by atoms with Gasteiger partial charge in [-0.2, -0.15) is 0 Å². The van der Waals surface area contributed by atoms with E-state index >= 15 is 0 Å². The van der Waals surface area contributed by atoms with Gasteiger partial charge in [0.1, 0.15) is 0 Å². The van der Waals surface area contributed by atoms with Crippen molar-refractivity contribution in [2.45, 2.75) is 17.1 Å². The highest BCUT2D eigenvalue weighted by atomic mass is 79.9. The first-order chi connectivity index (χ1) is 14.1. The van der Waals surface area contributed by atoms with Crippen molar-refractivity contribution in [3.05, 3.63) is 68.6 Å². The van der Waals surface area contributed by atoms with Crippen molar-refractivity contribution in [2.24, 2.45) is 0 Å². The van der Waals surface area contributed by atoms with Crippen LogP contribution in [0.2, 0.25) is 0 Å². The average molecular weight is 493 g/mol. The molecule has 1 aromatic heterocycles. The molecule has 0 aliphatic carbocycles. The van der Waals surface area contributed by atoms with E-state index in [9.17, 15) is 4.79 Å². The summed E-state index contributed by atoms with van der Waals surface area (Å²) in [6.07, 6.45) is 0.667. The smallest absolute Gasteiger partial charge is 0.252 e. The molecule has 8 heteroatoms. The van der Waals surface area contributed by atoms with E-state index in [4.69, 9.17) is 9.47 Å². The fourth-order valence-corrected chi connectivity index (χ4v) is 4.87. The Morgan fingerprint density at radius 2 is 1.97 bits per heavy atom. The van der Waals surface area contributed by atoms with Crippen LogP contribution in [0.5, 0.6) is 11.5 Å². The molecule has 152 valence electrons. The maximum atomic E-state index is 12.7. The van der Waals surface area contributed by atoms with Gasteiger partial charge in [-0.3, -0.25) is 4.79 Å². The van der Waals surface area contributed by atoms with Gasteiger partial charge in [0.2, 0.25) is 0 Å². The number of hydrogen-bond acceptors (Lipinski definition) is 6. The monoisotopic (exact) mass is 492 g/mol. The number of nitrogens with zero attached hydrogens (tertiary/aromatic N) is 1. The first-order valence-corrected chi connectivity index (χ1v) is 11.6. The van der Waals surface area contributed by atoms with Crippen LogP contribution in [-0.4, -0.2) is 31.7 Å². The Labute approximate surface area is 187 Å². The van der Waals surface area contributed by atoms with Gasteiger partial charge in [0, 0.05) is 27.0 Å². The predicted molar refractivity (Wildman–Crippen MR) is 121 cm³/mol. The molecule has 0 saturated carbocycles. The molecule has 0 aliphatic rings. The summed E-state index contributed by atoms with van der Waals surface area (Å²) in [7, 11) is 3.21. The number of ether oxygens (including phenoxy) is 2. The third kappa shape index (κ3) is 5.74. The standard InChI is InChI=1S/C21H21BrN2O3S2/c1-26-18-9-14(17(22)10-19(18)27-2)7-8-23-21(25)16-5-3-4-6-20(16)29-12-15-11-28-13-24-15/h3-6,9-11,13H,7-8,12H2,1-2H3,(H,23,25). The zero-order valence-corrected chi connectivity index (χ0v) is 19.3. The first kappa shape index (κ1) is 21.7. The lowest BCUT2D eigenvalue weighted by molar-refractivity contribution is 0.0951. The molecule has 1 amide bonds. The van der Waals surface area contributed by atoms with Crippen molar-refractivity contribution in [3.8, 4) is 11.5 Å². The summed E-state index contributed by atoms with van der Waals surface area (Å²) >= 11 is 6.75. The Bertz CT molecular complexity index is 965. The number of thiazole rings is 1. The molecule has 29 heavy (non-hydrogen) atoms. The number of hydrogen-bond donors (Lipinski definition) is 1. The van der Waals surface area contributed by atoms with E-state index in [1.165, 1.54) is 0 Å². The lowest BCUT2D eigenvalue weighted by Crippen LogP contribution is -2.26. The van der Waals surface area contributed by atoms with Crippen molar-refractivity contribution in [3.63, 3.8) is 0 Å². The van der Waals surface area contributed by atoms with Gasteiger partial charge < -0.3 is 14.8 Å². The van der Waals surface area contributed by atoms with Crippen molar-refractivity contribution in [1.82, 2.24) is 10.3 Å². The van der Waals surface area contributed by atoms with Crippen LogP contribution in [0.15, 0.2) is 56.7 Å². The van der Waals surface area contributed by atoms with Crippen LogP contribution in [0.4, 0.5) is 0 Å². The second-order valence-corrected chi connectivity index (χ2v) is 8.66. The van der Waals surface area contributed by atoms with E-state index in [1.54, 1.807) is 37.3 Å². The van der Waals surface area contributed by atoms with E-state index in [0.717, 1.165) is 26.4 Å². The highest BCUT2D eigenvalue weighted by Gasteiger charge is 2.13. The van der Waals surface area contributed by atoms with Crippen LogP contribution in [0.1, 0.15) is 21.6 Å². The zero-order chi connectivity index (χ0) is 20.6. The molecule has 0 saturated heterocycles. The van der Waals surface area contributed by atoms with E-state index < -0.39 is 0 Å². The molecule has 1 heterocycles. The highest BCUT2D eigenvalue weighted by molar-refractivity contribution is 9.10. The molecule has 0 fully saturated rings. The Morgan fingerprint density at radius 1 is 1.21 bits per heavy atom. The summed E-state index contributed by atoms with van der Waals surface area (Å²) in [5, 5.41) is 5.04. The second-order valence-electron chi connectivity index (χ2n) is 6.07. The van der Waals surface area contributed by atoms with Gasteiger partial charge >= 0.3 is 0 Å². The minimum absolute atomic E-state index is 0.0806. The molecule has 0 spiro atoms. The number of methoxy groups -OCH3 is 2. The van der Waals surface area contributed by atoms with Gasteiger partial charge in [-0.05, 0) is 36.2 Å². The third-order valence-corrected chi connectivity index (χ3v) is 6.70. The van der Waals surface area contributed by atoms with Crippen molar-refractivity contribution in [2.75, 3.05) is 20.8 Å². The van der Waals surface area contributed by atoms with Crippen LogP contribution >= 0.6 is 39.0 Å². The molecule has 1 N–H and O–H groups in total. The average Bonchev–Trinajstić information content (AvgIpc) is 3.26. The number of halogens is 1. The molecule has 0 atom stereocenters. The van der Waals surface area contributed by atoms with Crippen LogP contribution in [0, 0.1) is 0 Å². The lowest BCUT2D eigenvalue weighted by atomic mass is 10.1. The number of rotatable bonds is 9. The molecular formula is C21H21BrN2O3S2. The van der Waals surface area contributed by atoms with Gasteiger partial charge in [-0.1, -0.05) is 28.1 Å². The number of nitrogens with one attached hydrogen (secondary N) is 1. The fourth-order valence-electron chi connectivity index (χ4n) is 2.73. The predicted octanol–water partition coefficient (Wildman–Crippen LogP) is 5.19. The van der Waals surface area contributed by atoms with E-state index in [1.807, 2.05) is 47.3 Å². The van der Waals surface area contributed by atoms with Gasteiger partial charge in [-0.15, -0.1) is 23.1 Å². The second kappa shape index (κ2) is 10.7. The van der Waals surface area contributed by atoms with Gasteiger partial charge in [0.15, 0.2) is 11.5 Å². The molecule has 0 unspecified atom stereocenters. The van der Waals surface area contributed by atoms with E-state index in [0.29, 0.717) is 30.0 Å². The largest absolute Gasteiger partial charge is 0.493 e. The highest BCUT2D eigenvalue weighted by Crippen LogP contribution is 2.33. The summed E-state index contributed by atoms with van der Waals surface area (Å²) < 4.78 is 11.6. The van der Waals surface area contributed by atoms with Crippen molar-refractivity contribution in [1.29, 1.82) is 0 Å². The summed E-state index contributed by atoms with van der Waals surface area (Å²) in [5.74, 6) is 1.99. The number of thioether (sulfide) groups is 1. The summed E-state index contributed by atoms with van der Waals surface area (Å²) in [4.78, 5) is 18.0. The zero-order valence-electron chi connectivity index (χ0n) is 16.1. The normalized spacial score (nSPS) is 10.6. The molecule has 0 radical (unpaired) electrons. The topological polar surface area (TPSA) is 60.5 Å². The summed E-state index contributed by atoms with van der Waals surface area (Å²) in [5.41, 5.74) is 4.56. The maximum Gasteiger partial charge on any atom is 0.252 e. The summed E-state index contributed by atoms with van der Waals surface area (Å²) in [6, 6.07) is 11.4. The molecule has 0 bridgehead atoms. The van der Waals surface area contributed by atoms with Crippen LogP contribution in [0.25, 0.3) is 0 Å². The number of carbonyl (C=O) groups is 1. The minimum Gasteiger partial charge on any atom is -0.493 e. The Morgan fingerprint density at radius 3 is 2.69 bits per heavy atom. The van der Waals surface area contributed by atoms with E-state index in [2.05, 4.69) is 26.2 Å². The van der Waals surface area contributed by atoms with Crippen LogP contribution in [0.3, 0.4) is 0 Å². The number of benzene rings is 2. The lowest BCUT2D eigenvalue weighted by Gasteiger charge is -2.13. The third-order valence-electron chi connectivity index (χ3n) is 4.22. The van der Waals surface area contributed by atoms with Gasteiger partial charge in [0.05, 0.1) is 31.0 Å². The minimum atomic E-state index is -0.0806. The van der Waals surface area contributed by atoms with Crippen LogP contribution < -0.4 is 14.8 Å². The van der Waals surface area contributed by atoms with Gasteiger partial charge in [-0.25, -0.2) is 4.98 Å².